The molecule has 0 saturated heterocycles. The van der Waals surface area contributed by atoms with Crippen molar-refractivity contribution in [2.75, 3.05) is 10.6 Å². The van der Waals surface area contributed by atoms with Crippen LogP contribution in [-0.2, 0) is 17.9 Å². The summed E-state index contributed by atoms with van der Waals surface area (Å²) in [5, 5.41) is 19.1. The first-order valence-corrected chi connectivity index (χ1v) is 12.9. The van der Waals surface area contributed by atoms with E-state index in [-0.39, 0.29) is 12.5 Å². The van der Waals surface area contributed by atoms with Crippen molar-refractivity contribution in [2.24, 2.45) is 0 Å². The van der Waals surface area contributed by atoms with E-state index in [9.17, 15) is 4.79 Å². The minimum Gasteiger partial charge on any atom is -0.487 e. The van der Waals surface area contributed by atoms with Gasteiger partial charge in [-0.1, -0.05) is 65.4 Å². The first-order valence-electron chi connectivity index (χ1n) is 12.9. The number of nitrogens with one attached hydrogen (secondary N) is 2. The molecule has 0 radical (unpaired) electrons. The van der Waals surface area contributed by atoms with E-state index in [2.05, 4.69) is 43.2 Å². The Morgan fingerprint density at radius 2 is 1.77 bits per heavy atom. The molecule has 5 aromatic rings. The summed E-state index contributed by atoms with van der Waals surface area (Å²) in [6, 6.07) is 25.0. The predicted octanol–water partition coefficient (Wildman–Crippen LogP) is 4.73. The Balaban J connectivity index is 1.18. The fourth-order valence-corrected chi connectivity index (χ4v) is 4.68. The van der Waals surface area contributed by atoms with Crippen molar-refractivity contribution in [3.8, 4) is 5.75 Å². The number of carbonyl (C=O) groups excluding carboxylic acids is 1. The Labute approximate surface area is 231 Å². The number of aryl methyl sites for hydroxylation is 1. The van der Waals surface area contributed by atoms with E-state index in [1.807, 2.05) is 86.8 Å². The molecule has 6 rings (SSSR count). The van der Waals surface area contributed by atoms with Crippen molar-refractivity contribution >= 4 is 17.5 Å². The molecule has 0 fully saturated rings. The summed E-state index contributed by atoms with van der Waals surface area (Å²) in [6.45, 7) is 4.82. The van der Waals surface area contributed by atoms with Gasteiger partial charge in [-0.05, 0) is 49.2 Å². The van der Waals surface area contributed by atoms with Crippen LogP contribution in [-0.4, -0.2) is 35.7 Å². The third-order valence-corrected chi connectivity index (χ3v) is 6.70. The van der Waals surface area contributed by atoms with Crippen molar-refractivity contribution in [2.45, 2.75) is 33.0 Å². The number of nitrogens with zero attached hydrogens (tertiary/aromatic N) is 6. The van der Waals surface area contributed by atoms with Gasteiger partial charge in [-0.3, -0.25) is 4.79 Å². The van der Waals surface area contributed by atoms with Gasteiger partial charge in [0.1, 0.15) is 30.4 Å². The fraction of sp³-hybridized carbons (Fsp3) is 0.167. The van der Waals surface area contributed by atoms with Gasteiger partial charge in [0.05, 0.1) is 18.3 Å². The maximum Gasteiger partial charge on any atom is 0.255 e. The van der Waals surface area contributed by atoms with Crippen molar-refractivity contribution < 1.29 is 9.53 Å². The fourth-order valence-electron chi connectivity index (χ4n) is 4.68. The van der Waals surface area contributed by atoms with Gasteiger partial charge in [0.15, 0.2) is 0 Å². The zero-order valence-corrected chi connectivity index (χ0v) is 22.2. The largest absolute Gasteiger partial charge is 0.487 e. The SMILES string of the molecule is CC1=C(C(=O)Nc2ccc(C)cc2)C(c2ccc(OCc3cn(Cc4ccccc4)nn3)cc2)n2ncnc2N1. The highest BCUT2D eigenvalue weighted by molar-refractivity contribution is 6.06. The molecule has 1 atom stereocenters. The Morgan fingerprint density at radius 3 is 2.55 bits per heavy atom. The number of carbonyl (C=O) groups is 1. The van der Waals surface area contributed by atoms with Crippen LogP contribution in [0.1, 0.15) is 35.3 Å². The molecule has 0 bridgehead atoms. The van der Waals surface area contributed by atoms with Gasteiger partial charge in [0.25, 0.3) is 5.91 Å². The van der Waals surface area contributed by atoms with Crippen LogP contribution in [0.3, 0.4) is 0 Å². The lowest BCUT2D eigenvalue weighted by molar-refractivity contribution is -0.113. The van der Waals surface area contributed by atoms with Crippen LogP contribution in [0, 0.1) is 6.92 Å². The average Bonchev–Trinajstić information content (AvgIpc) is 3.62. The number of allylic oxidation sites excluding steroid dienone is 1. The minimum absolute atomic E-state index is 0.209. The van der Waals surface area contributed by atoms with Crippen LogP contribution in [0.2, 0.25) is 0 Å². The number of anilines is 2. The number of hydrogen-bond donors (Lipinski definition) is 2. The molecule has 0 spiro atoms. The molecule has 1 aliphatic heterocycles. The van der Waals surface area contributed by atoms with Crippen molar-refractivity contribution in [3.05, 3.63) is 125 Å². The molecular formula is C30H28N8O2. The van der Waals surface area contributed by atoms with E-state index < -0.39 is 6.04 Å². The molecule has 1 aliphatic rings. The average molecular weight is 533 g/mol. The zero-order valence-electron chi connectivity index (χ0n) is 22.2. The number of ether oxygens (including phenoxy) is 1. The molecule has 0 aliphatic carbocycles. The van der Waals surface area contributed by atoms with Gasteiger partial charge in [0, 0.05) is 11.4 Å². The van der Waals surface area contributed by atoms with E-state index in [4.69, 9.17) is 4.74 Å². The normalized spacial score (nSPS) is 14.4. The lowest BCUT2D eigenvalue weighted by Crippen LogP contribution is -2.31. The van der Waals surface area contributed by atoms with Gasteiger partial charge in [-0.25, -0.2) is 9.36 Å². The van der Waals surface area contributed by atoms with Gasteiger partial charge in [0.2, 0.25) is 5.95 Å². The maximum absolute atomic E-state index is 13.5. The van der Waals surface area contributed by atoms with Crippen molar-refractivity contribution in [3.63, 3.8) is 0 Å². The summed E-state index contributed by atoms with van der Waals surface area (Å²) in [4.78, 5) is 17.8. The summed E-state index contributed by atoms with van der Waals surface area (Å²) in [7, 11) is 0. The van der Waals surface area contributed by atoms with Gasteiger partial charge in [-0.2, -0.15) is 10.1 Å². The van der Waals surface area contributed by atoms with Crippen molar-refractivity contribution in [1.82, 2.24) is 29.8 Å². The molecule has 2 N–H and O–H groups in total. The quantitative estimate of drug-likeness (QED) is 0.297. The highest BCUT2D eigenvalue weighted by atomic mass is 16.5. The third-order valence-electron chi connectivity index (χ3n) is 6.70. The van der Waals surface area contributed by atoms with Crippen LogP contribution < -0.4 is 15.4 Å². The molecule has 40 heavy (non-hydrogen) atoms. The van der Waals surface area contributed by atoms with E-state index >= 15 is 0 Å². The summed E-state index contributed by atoms with van der Waals surface area (Å²) in [5.74, 6) is 1.05. The minimum atomic E-state index is -0.462. The maximum atomic E-state index is 13.5. The van der Waals surface area contributed by atoms with E-state index in [1.165, 1.54) is 6.33 Å². The lowest BCUT2D eigenvalue weighted by Gasteiger charge is -2.28. The van der Waals surface area contributed by atoms with Gasteiger partial charge < -0.3 is 15.4 Å². The van der Waals surface area contributed by atoms with Crippen LogP contribution in [0.25, 0.3) is 0 Å². The van der Waals surface area contributed by atoms with Crippen LogP contribution in [0.5, 0.6) is 5.75 Å². The highest BCUT2D eigenvalue weighted by Crippen LogP contribution is 2.35. The second-order valence-corrected chi connectivity index (χ2v) is 9.67. The number of amides is 1. The standard InChI is InChI=1S/C30H28N8O2/c1-20-8-12-24(13-9-20)34-29(39)27-21(2)33-30-31-19-32-38(30)28(27)23-10-14-26(15-11-23)40-18-25-17-37(36-35-25)16-22-6-4-3-5-7-22/h3-15,17,19,28H,16,18H2,1-2H3,(H,34,39)(H,31,32,33). The molecular weight excluding hydrogens is 504 g/mol. The molecule has 3 heterocycles. The van der Waals surface area contributed by atoms with E-state index in [1.54, 1.807) is 9.36 Å². The summed E-state index contributed by atoms with van der Waals surface area (Å²) < 4.78 is 9.50. The topological polar surface area (TPSA) is 112 Å². The van der Waals surface area contributed by atoms with Gasteiger partial charge >= 0.3 is 0 Å². The zero-order chi connectivity index (χ0) is 27.5. The smallest absolute Gasteiger partial charge is 0.255 e. The number of rotatable bonds is 8. The molecule has 200 valence electrons. The van der Waals surface area contributed by atoms with E-state index in [0.29, 0.717) is 29.5 Å². The molecule has 1 unspecified atom stereocenters. The predicted molar refractivity (Wildman–Crippen MR) is 151 cm³/mol. The van der Waals surface area contributed by atoms with E-state index in [0.717, 1.165) is 28.1 Å². The molecule has 10 heteroatoms. The number of fused-ring (bicyclic) bond motifs is 1. The Bertz CT molecular complexity index is 1650. The summed E-state index contributed by atoms with van der Waals surface area (Å²) in [5.41, 5.74) is 5.89. The first kappa shape index (κ1) is 25.1. The van der Waals surface area contributed by atoms with Crippen LogP contribution in [0.4, 0.5) is 11.6 Å². The third kappa shape index (κ3) is 5.32. The first-order chi connectivity index (χ1) is 19.5. The Morgan fingerprint density at radius 1 is 1.00 bits per heavy atom. The number of benzene rings is 3. The van der Waals surface area contributed by atoms with Crippen LogP contribution >= 0.6 is 0 Å². The lowest BCUT2D eigenvalue weighted by atomic mass is 9.95. The number of hydrogen-bond acceptors (Lipinski definition) is 7. The monoisotopic (exact) mass is 532 g/mol. The summed E-state index contributed by atoms with van der Waals surface area (Å²) >= 11 is 0. The van der Waals surface area contributed by atoms with Crippen LogP contribution in [0.15, 0.2) is 103 Å². The van der Waals surface area contributed by atoms with Gasteiger partial charge in [-0.15, -0.1) is 5.10 Å². The molecule has 3 aromatic carbocycles. The molecule has 2 aromatic heterocycles. The second-order valence-electron chi connectivity index (χ2n) is 9.67. The molecule has 10 nitrogen and oxygen atoms in total. The Hall–Kier alpha value is -5.25. The van der Waals surface area contributed by atoms with Crippen molar-refractivity contribution in [1.29, 1.82) is 0 Å². The molecule has 0 saturated carbocycles. The summed E-state index contributed by atoms with van der Waals surface area (Å²) in [6.07, 6.45) is 3.36. The molecule has 1 amide bonds. The Kier molecular flexibility index (Phi) is 6.80. The highest BCUT2D eigenvalue weighted by Gasteiger charge is 2.33. The second kappa shape index (κ2) is 10.9. The number of aromatic nitrogens is 6.